The Hall–Kier alpha value is -4.50. The molecule has 0 aliphatic carbocycles. The highest BCUT2D eigenvalue weighted by Crippen LogP contribution is 2.43. The third-order valence-electron chi connectivity index (χ3n) is 3.90. The van der Waals surface area contributed by atoms with E-state index in [0.29, 0.717) is 0 Å². The van der Waals surface area contributed by atoms with Gasteiger partial charge in [-0.2, -0.15) is 0 Å². The smallest absolute Gasteiger partial charge is 0.478 e. The zero-order valence-corrected chi connectivity index (χ0v) is 15.8. The largest absolute Gasteiger partial charge is 0.573 e. The first-order chi connectivity index (χ1) is 15.4. The molecule has 4 N–H and O–H groups in total. The summed E-state index contributed by atoms with van der Waals surface area (Å²) >= 11 is 0. The minimum Gasteiger partial charge on any atom is -0.478 e. The summed E-state index contributed by atoms with van der Waals surface area (Å²) in [5.41, 5.74) is -7.33. The predicted octanol–water partition coefficient (Wildman–Crippen LogP) is 3.94. The molecule has 0 amide bonds. The molecule has 2 rings (SSSR count). The van der Waals surface area contributed by atoms with Gasteiger partial charge >= 0.3 is 36.6 Å². The molecule has 0 bridgehead atoms. The van der Waals surface area contributed by atoms with Crippen molar-refractivity contribution >= 4 is 23.9 Å². The maximum atomic E-state index is 12.9. The van der Waals surface area contributed by atoms with Crippen molar-refractivity contribution in [2.75, 3.05) is 0 Å². The lowest BCUT2D eigenvalue weighted by atomic mass is 9.94. The number of hydrogen-bond donors (Lipinski definition) is 4. The van der Waals surface area contributed by atoms with Crippen molar-refractivity contribution in [2.24, 2.45) is 0 Å². The number of rotatable bonds is 7. The molecule has 34 heavy (non-hydrogen) atoms. The lowest BCUT2D eigenvalue weighted by Gasteiger charge is -2.19. The third kappa shape index (κ3) is 5.84. The molecule has 0 heterocycles. The van der Waals surface area contributed by atoms with Crippen molar-refractivity contribution in [3.63, 3.8) is 0 Å². The maximum Gasteiger partial charge on any atom is 0.573 e. The molecule has 0 saturated heterocycles. The summed E-state index contributed by atoms with van der Waals surface area (Å²) in [7, 11) is 0. The number of hydrogen-bond acceptors (Lipinski definition) is 6. The van der Waals surface area contributed by atoms with Gasteiger partial charge in [-0.1, -0.05) is 0 Å². The van der Waals surface area contributed by atoms with Crippen LogP contribution in [0.5, 0.6) is 11.5 Å². The van der Waals surface area contributed by atoms with Crippen LogP contribution in [0.4, 0.5) is 26.3 Å². The van der Waals surface area contributed by atoms with Crippen molar-refractivity contribution in [3.8, 4) is 22.6 Å². The van der Waals surface area contributed by atoms with Crippen molar-refractivity contribution in [1.82, 2.24) is 0 Å². The Morgan fingerprint density at radius 1 is 0.529 bits per heavy atom. The van der Waals surface area contributed by atoms with E-state index >= 15 is 0 Å². The van der Waals surface area contributed by atoms with Crippen LogP contribution in [0.1, 0.15) is 41.4 Å². The molecule has 0 atom stereocenters. The Kier molecular flexibility index (Phi) is 6.66. The second-order valence-electron chi connectivity index (χ2n) is 6.10. The first-order valence-electron chi connectivity index (χ1n) is 8.22. The average molecular weight is 498 g/mol. The number of alkyl halides is 6. The molecule has 2 aromatic carbocycles. The Bertz CT molecular complexity index is 1110. The number of carboxylic acid groups (broad SMARTS) is 4. The van der Waals surface area contributed by atoms with Gasteiger partial charge in [-0.05, 0) is 24.3 Å². The second-order valence-corrected chi connectivity index (χ2v) is 6.10. The fourth-order valence-corrected chi connectivity index (χ4v) is 2.71. The first-order valence-corrected chi connectivity index (χ1v) is 8.22. The van der Waals surface area contributed by atoms with E-state index in [1.807, 2.05) is 0 Å². The Morgan fingerprint density at radius 3 is 0.971 bits per heavy atom. The van der Waals surface area contributed by atoms with E-state index in [1.54, 1.807) is 0 Å². The predicted molar refractivity (Wildman–Crippen MR) is 93.1 cm³/mol. The lowest BCUT2D eigenvalue weighted by molar-refractivity contribution is -0.276. The van der Waals surface area contributed by atoms with Crippen LogP contribution >= 0.6 is 0 Å². The van der Waals surface area contributed by atoms with E-state index in [9.17, 15) is 55.7 Å². The fourth-order valence-electron chi connectivity index (χ4n) is 2.71. The average Bonchev–Trinajstić information content (AvgIpc) is 2.64. The van der Waals surface area contributed by atoms with Crippen molar-refractivity contribution in [1.29, 1.82) is 0 Å². The van der Waals surface area contributed by atoms with E-state index in [1.165, 1.54) is 0 Å². The molecule has 182 valence electrons. The van der Waals surface area contributed by atoms with Crippen LogP contribution in [0.25, 0.3) is 11.1 Å². The zero-order valence-electron chi connectivity index (χ0n) is 15.8. The van der Waals surface area contributed by atoms with Gasteiger partial charge in [0.2, 0.25) is 0 Å². The molecular formula is C18H8F6O10. The number of benzene rings is 2. The molecular weight excluding hydrogens is 490 g/mol. The molecule has 0 spiro atoms. The Balaban J connectivity index is 3.06. The topological polar surface area (TPSA) is 168 Å². The molecule has 0 fully saturated rings. The van der Waals surface area contributed by atoms with E-state index < -0.39 is 81.5 Å². The Labute approximate surface area is 182 Å². The van der Waals surface area contributed by atoms with E-state index in [2.05, 4.69) is 9.47 Å². The third-order valence-corrected chi connectivity index (χ3v) is 3.90. The minimum atomic E-state index is -5.57. The van der Waals surface area contributed by atoms with Gasteiger partial charge in [-0.3, -0.25) is 0 Å². The lowest BCUT2D eigenvalue weighted by Crippen LogP contribution is -2.21. The van der Waals surface area contributed by atoms with Crippen LogP contribution in [-0.2, 0) is 0 Å². The highest BCUT2D eigenvalue weighted by Gasteiger charge is 2.37. The van der Waals surface area contributed by atoms with Gasteiger partial charge in [0.25, 0.3) is 0 Å². The van der Waals surface area contributed by atoms with E-state index in [0.717, 1.165) is 0 Å². The van der Waals surface area contributed by atoms with Gasteiger partial charge in [0.05, 0.1) is 22.3 Å². The highest BCUT2D eigenvalue weighted by molar-refractivity contribution is 6.06. The highest BCUT2D eigenvalue weighted by atomic mass is 19.4. The number of aromatic carboxylic acids is 4. The molecule has 10 nitrogen and oxygen atoms in total. The standard InChI is InChI=1S/C18H8F6O10/c19-17(20,21)33-11-3-9(15(29)30)7(13(25)26)1-5(11)6-2-8(14(27)28)10(16(31)32)4-12(6)34-18(22,23)24/h1-4H,(H,25,26)(H,27,28)(H,29,30)(H,31,32). The summed E-state index contributed by atoms with van der Waals surface area (Å²) in [6.45, 7) is 0. The number of carboxylic acids is 4. The van der Waals surface area contributed by atoms with Crippen molar-refractivity contribution in [2.45, 2.75) is 12.7 Å². The summed E-state index contributed by atoms with van der Waals surface area (Å²) in [4.78, 5) is 45.4. The van der Waals surface area contributed by atoms with E-state index in [-0.39, 0.29) is 24.3 Å². The fraction of sp³-hybridized carbons (Fsp3) is 0.111. The van der Waals surface area contributed by atoms with Crippen LogP contribution in [0, 0.1) is 0 Å². The van der Waals surface area contributed by atoms with Crippen LogP contribution in [-0.4, -0.2) is 57.0 Å². The molecule has 16 heteroatoms. The SMILES string of the molecule is O=C(O)c1cc(OC(F)(F)F)c(-c2cc(C(=O)O)c(C(=O)O)cc2OC(F)(F)F)cc1C(=O)O. The van der Waals surface area contributed by atoms with E-state index in [4.69, 9.17) is 10.2 Å². The molecule has 0 radical (unpaired) electrons. The second kappa shape index (κ2) is 8.80. The Morgan fingerprint density at radius 2 is 0.765 bits per heavy atom. The molecule has 0 aliphatic rings. The monoisotopic (exact) mass is 498 g/mol. The molecule has 0 aromatic heterocycles. The number of ether oxygens (including phenoxy) is 2. The molecule has 2 aromatic rings. The van der Waals surface area contributed by atoms with Gasteiger partial charge in [0.1, 0.15) is 11.5 Å². The van der Waals surface area contributed by atoms with Crippen LogP contribution in [0.15, 0.2) is 24.3 Å². The van der Waals surface area contributed by atoms with Gasteiger partial charge in [0, 0.05) is 11.1 Å². The summed E-state index contributed by atoms with van der Waals surface area (Å²) < 4.78 is 84.7. The van der Waals surface area contributed by atoms with Gasteiger partial charge in [-0.15, -0.1) is 26.3 Å². The summed E-state index contributed by atoms with van der Waals surface area (Å²) in [5, 5.41) is 36.6. The molecule has 0 unspecified atom stereocenters. The van der Waals surface area contributed by atoms with Crippen molar-refractivity contribution < 1.29 is 75.4 Å². The van der Waals surface area contributed by atoms with Gasteiger partial charge in [-0.25, -0.2) is 19.2 Å². The quantitative estimate of drug-likeness (QED) is 0.411. The normalized spacial score (nSPS) is 11.6. The van der Waals surface area contributed by atoms with Crippen molar-refractivity contribution in [3.05, 3.63) is 46.5 Å². The number of carbonyl (C=O) groups is 4. The first kappa shape index (κ1) is 25.8. The maximum absolute atomic E-state index is 12.9. The molecule has 0 saturated carbocycles. The number of halogens is 6. The summed E-state index contributed by atoms with van der Waals surface area (Å²) in [6.07, 6.45) is -11.1. The summed E-state index contributed by atoms with van der Waals surface area (Å²) in [5.74, 6) is -11.2. The van der Waals surface area contributed by atoms with Crippen LogP contribution in [0.2, 0.25) is 0 Å². The summed E-state index contributed by atoms with van der Waals surface area (Å²) in [6, 6.07) is 0.435. The van der Waals surface area contributed by atoms with Crippen LogP contribution in [0.3, 0.4) is 0 Å². The van der Waals surface area contributed by atoms with Crippen LogP contribution < -0.4 is 9.47 Å². The van der Waals surface area contributed by atoms with Gasteiger partial charge < -0.3 is 29.9 Å². The zero-order chi connectivity index (χ0) is 26.2. The van der Waals surface area contributed by atoms with Gasteiger partial charge in [0.15, 0.2) is 0 Å². The molecule has 0 aliphatic heterocycles. The minimum absolute atomic E-state index is 0.0392.